The number of furan rings is 1. The summed E-state index contributed by atoms with van der Waals surface area (Å²) in [5.74, 6) is 1.77. The van der Waals surface area contributed by atoms with Gasteiger partial charge in [-0.2, -0.15) is 4.98 Å². The second-order valence-corrected chi connectivity index (χ2v) is 4.78. The molecule has 118 valence electrons. The number of aryl methyl sites for hydroxylation is 1. The van der Waals surface area contributed by atoms with Crippen LogP contribution < -0.4 is 10.1 Å². The number of amides is 1. The zero-order valence-electron chi connectivity index (χ0n) is 12.5. The average Bonchev–Trinajstić information content (AvgIpc) is 3.22. The second kappa shape index (κ2) is 6.78. The molecule has 1 amide bonds. The van der Waals surface area contributed by atoms with Gasteiger partial charge in [-0.1, -0.05) is 17.3 Å². The standard InChI is InChI=1S/C16H15N3O4/c1-11-18-15(19-23-11)10-22-14-7-3-2-6-13(14)16(20)17-9-12-5-4-8-21-12/h2-8H,9-10H2,1H3,(H,17,20). The third-order valence-electron chi connectivity index (χ3n) is 3.06. The number of carbonyl (C=O) groups excluding carboxylic acids is 1. The number of benzene rings is 1. The minimum absolute atomic E-state index is 0.125. The molecule has 3 rings (SSSR count). The Morgan fingerprint density at radius 2 is 2.13 bits per heavy atom. The van der Waals surface area contributed by atoms with Crippen LogP contribution in [0.5, 0.6) is 5.75 Å². The van der Waals surface area contributed by atoms with Crippen LogP contribution in [0.4, 0.5) is 0 Å². The third-order valence-corrected chi connectivity index (χ3v) is 3.06. The highest BCUT2D eigenvalue weighted by atomic mass is 16.5. The fourth-order valence-electron chi connectivity index (χ4n) is 2.00. The number of rotatable bonds is 6. The Labute approximate surface area is 132 Å². The molecule has 0 spiro atoms. The first-order chi connectivity index (χ1) is 11.2. The minimum Gasteiger partial charge on any atom is -0.485 e. The predicted molar refractivity (Wildman–Crippen MR) is 79.7 cm³/mol. The van der Waals surface area contributed by atoms with Gasteiger partial charge in [-0.15, -0.1) is 0 Å². The first kappa shape index (κ1) is 14.8. The van der Waals surface area contributed by atoms with Gasteiger partial charge in [-0.3, -0.25) is 4.79 Å². The number of carbonyl (C=O) groups is 1. The van der Waals surface area contributed by atoms with Gasteiger partial charge in [0, 0.05) is 6.92 Å². The van der Waals surface area contributed by atoms with Gasteiger partial charge in [0.15, 0.2) is 6.61 Å². The molecule has 2 aromatic heterocycles. The lowest BCUT2D eigenvalue weighted by atomic mass is 10.2. The lowest BCUT2D eigenvalue weighted by Gasteiger charge is -2.10. The van der Waals surface area contributed by atoms with Gasteiger partial charge in [0.05, 0.1) is 18.4 Å². The number of nitrogens with zero attached hydrogens (tertiary/aromatic N) is 2. The van der Waals surface area contributed by atoms with Gasteiger partial charge in [-0.25, -0.2) is 0 Å². The van der Waals surface area contributed by atoms with Crippen molar-refractivity contribution in [2.45, 2.75) is 20.1 Å². The summed E-state index contributed by atoms with van der Waals surface area (Å²) in [6, 6.07) is 10.5. The fourth-order valence-corrected chi connectivity index (χ4v) is 2.00. The molecule has 0 aliphatic heterocycles. The maximum Gasteiger partial charge on any atom is 0.255 e. The minimum atomic E-state index is -0.249. The third kappa shape index (κ3) is 3.76. The van der Waals surface area contributed by atoms with Crippen LogP contribution in [0, 0.1) is 6.92 Å². The molecule has 0 unspecified atom stereocenters. The molecular formula is C16H15N3O4. The SMILES string of the molecule is Cc1nc(COc2ccccc2C(=O)NCc2ccco2)no1. The van der Waals surface area contributed by atoms with Crippen molar-refractivity contribution in [3.8, 4) is 5.75 Å². The highest BCUT2D eigenvalue weighted by Gasteiger charge is 2.13. The Bertz CT molecular complexity index is 780. The molecule has 0 saturated heterocycles. The fraction of sp³-hybridized carbons (Fsp3) is 0.188. The van der Waals surface area contributed by atoms with E-state index in [-0.39, 0.29) is 12.5 Å². The van der Waals surface area contributed by atoms with E-state index >= 15 is 0 Å². The summed E-state index contributed by atoms with van der Waals surface area (Å²) in [4.78, 5) is 16.3. The van der Waals surface area contributed by atoms with Gasteiger partial charge in [0.1, 0.15) is 11.5 Å². The molecule has 0 saturated carbocycles. The smallest absolute Gasteiger partial charge is 0.255 e. The van der Waals surface area contributed by atoms with Crippen LogP contribution in [0.25, 0.3) is 0 Å². The summed E-state index contributed by atoms with van der Waals surface area (Å²) in [7, 11) is 0. The zero-order valence-corrected chi connectivity index (χ0v) is 12.5. The van der Waals surface area contributed by atoms with E-state index in [0.29, 0.717) is 35.3 Å². The Hall–Kier alpha value is -3.09. The van der Waals surface area contributed by atoms with Crippen molar-refractivity contribution in [1.29, 1.82) is 0 Å². The molecular weight excluding hydrogens is 298 g/mol. The van der Waals surface area contributed by atoms with Crippen molar-refractivity contribution in [3.63, 3.8) is 0 Å². The largest absolute Gasteiger partial charge is 0.485 e. The topological polar surface area (TPSA) is 90.4 Å². The summed E-state index contributed by atoms with van der Waals surface area (Å²) in [5, 5.41) is 6.53. The van der Waals surface area contributed by atoms with Gasteiger partial charge in [0.2, 0.25) is 11.7 Å². The molecule has 1 N–H and O–H groups in total. The van der Waals surface area contributed by atoms with Crippen LogP contribution in [0.15, 0.2) is 51.6 Å². The van der Waals surface area contributed by atoms with Crippen molar-refractivity contribution in [1.82, 2.24) is 15.5 Å². The Kier molecular flexibility index (Phi) is 4.37. The molecule has 7 nitrogen and oxygen atoms in total. The summed E-state index contributed by atoms with van der Waals surface area (Å²) in [6.07, 6.45) is 1.56. The zero-order chi connectivity index (χ0) is 16.1. The molecule has 0 fully saturated rings. The lowest BCUT2D eigenvalue weighted by Crippen LogP contribution is -2.23. The van der Waals surface area contributed by atoms with E-state index in [1.165, 1.54) is 0 Å². The van der Waals surface area contributed by atoms with Gasteiger partial charge in [-0.05, 0) is 24.3 Å². The summed E-state index contributed by atoms with van der Waals surface area (Å²) in [6.45, 7) is 2.14. The van der Waals surface area contributed by atoms with E-state index in [4.69, 9.17) is 13.7 Å². The lowest BCUT2D eigenvalue weighted by molar-refractivity contribution is 0.0943. The monoisotopic (exact) mass is 313 g/mol. The molecule has 0 atom stereocenters. The van der Waals surface area contributed by atoms with Crippen molar-refractivity contribution >= 4 is 5.91 Å². The molecule has 2 heterocycles. The summed E-state index contributed by atoms with van der Waals surface area (Å²) in [5.41, 5.74) is 0.430. The number of para-hydroxylation sites is 1. The Morgan fingerprint density at radius 3 is 2.87 bits per heavy atom. The maximum atomic E-state index is 12.3. The summed E-state index contributed by atoms with van der Waals surface area (Å²) >= 11 is 0. The number of ether oxygens (including phenoxy) is 1. The van der Waals surface area contributed by atoms with Crippen LogP contribution in [-0.2, 0) is 13.2 Å². The van der Waals surface area contributed by atoms with Crippen molar-refractivity contribution in [2.75, 3.05) is 0 Å². The quantitative estimate of drug-likeness (QED) is 0.752. The number of hydrogen-bond donors (Lipinski definition) is 1. The maximum absolute atomic E-state index is 12.3. The van der Waals surface area contributed by atoms with Crippen LogP contribution in [0.2, 0.25) is 0 Å². The molecule has 7 heteroatoms. The van der Waals surface area contributed by atoms with Crippen LogP contribution in [0.3, 0.4) is 0 Å². The number of aromatic nitrogens is 2. The molecule has 0 aliphatic rings. The normalized spacial score (nSPS) is 10.5. The Morgan fingerprint density at radius 1 is 1.26 bits per heavy atom. The van der Waals surface area contributed by atoms with E-state index < -0.39 is 0 Å². The average molecular weight is 313 g/mol. The number of nitrogens with one attached hydrogen (secondary N) is 1. The number of hydrogen-bond acceptors (Lipinski definition) is 6. The van der Waals surface area contributed by atoms with Gasteiger partial charge < -0.3 is 19.0 Å². The van der Waals surface area contributed by atoms with Crippen molar-refractivity contribution in [3.05, 3.63) is 65.7 Å². The van der Waals surface area contributed by atoms with Crippen LogP contribution in [-0.4, -0.2) is 16.0 Å². The van der Waals surface area contributed by atoms with Gasteiger partial charge in [0.25, 0.3) is 5.91 Å². The predicted octanol–water partition coefficient (Wildman–Crippen LogP) is 2.48. The van der Waals surface area contributed by atoms with E-state index in [0.717, 1.165) is 0 Å². The first-order valence-electron chi connectivity index (χ1n) is 7.04. The van der Waals surface area contributed by atoms with Crippen molar-refractivity contribution < 1.29 is 18.5 Å². The molecule has 23 heavy (non-hydrogen) atoms. The van der Waals surface area contributed by atoms with Crippen LogP contribution in [0.1, 0.15) is 27.8 Å². The molecule has 3 aromatic rings. The highest BCUT2D eigenvalue weighted by Crippen LogP contribution is 2.19. The van der Waals surface area contributed by atoms with E-state index in [2.05, 4.69) is 15.5 Å². The highest BCUT2D eigenvalue weighted by molar-refractivity contribution is 5.96. The van der Waals surface area contributed by atoms with Gasteiger partial charge >= 0.3 is 0 Å². The molecule has 0 bridgehead atoms. The Balaban J connectivity index is 1.65. The summed E-state index contributed by atoms with van der Waals surface area (Å²) < 4.78 is 15.7. The molecule has 0 aliphatic carbocycles. The van der Waals surface area contributed by atoms with Crippen LogP contribution >= 0.6 is 0 Å². The molecule has 0 radical (unpaired) electrons. The molecule has 1 aromatic carbocycles. The second-order valence-electron chi connectivity index (χ2n) is 4.78. The van der Waals surface area contributed by atoms with E-state index in [1.807, 2.05) is 0 Å². The van der Waals surface area contributed by atoms with E-state index in [1.54, 1.807) is 49.6 Å². The van der Waals surface area contributed by atoms with E-state index in [9.17, 15) is 4.79 Å². The van der Waals surface area contributed by atoms with Crippen molar-refractivity contribution in [2.24, 2.45) is 0 Å². The first-order valence-corrected chi connectivity index (χ1v) is 7.04.